The lowest BCUT2D eigenvalue weighted by Gasteiger charge is -2.39. The number of ether oxygens (including phenoxy) is 2. The van der Waals surface area contributed by atoms with Gasteiger partial charge in [-0.05, 0) is 60.7 Å². The SMILES string of the molecule is COc1ccc(C2C3=C(Nc4nc(SC)nn42)c2cc(C)ccc2OC3c2ccc(F)cc2)cc1. The fraction of sp³-hybridized carbons (Fsp3) is 0.185. The average Bonchev–Trinajstić information content (AvgIpc) is 3.31. The summed E-state index contributed by atoms with van der Waals surface area (Å²) in [6.45, 7) is 2.06. The zero-order valence-electron chi connectivity index (χ0n) is 19.4. The van der Waals surface area contributed by atoms with Gasteiger partial charge in [0, 0.05) is 11.1 Å². The summed E-state index contributed by atoms with van der Waals surface area (Å²) in [5.74, 6) is 1.92. The molecule has 0 radical (unpaired) electrons. The topological polar surface area (TPSA) is 61.2 Å². The minimum absolute atomic E-state index is 0.286. The van der Waals surface area contributed by atoms with E-state index in [0.29, 0.717) is 11.1 Å². The van der Waals surface area contributed by atoms with E-state index < -0.39 is 6.10 Å². The molecule has 0 bridgehead atoms. The number of thioether (sulfide) groups is 1. The van der Waals surface area contributed by atoms with E-state index in [4.69, 9.17) is 19.6 Å². The summed E-state index contributed by atoms with van der Waals surface area (Å²) in [6.07, 6.45) is 1.51. The van der Waals surface area contributed by atoms with E-state index in [-0.39, 0.29) is 11.9 Å². The Morgan fingerprint density at radius 3 is 2.49 bits per heavy atom. The zero-order chi connectivity index (χ0) is 24.1. The van der Waals surface area contributed by atoms with Crippen molar-refractivity contribution < 1.29 is 13.9 Å². The van der Waals surface area contributed by atoms with Crippen LogP contribution in [-0.2, 0) is 0 Å². The first-order valence-corrected chi connectivity index (χ1v) is 12.5. The van der Waals surface area contributed by atoms with Crippen molar-refractivity contribution in [2.45, 2.75) is 24.2 Å². The van der Waals surface area contributed by atoms with Gasteiger partial charge >= 0.3 is 0 Å². The number of hydrogen-bond donors (Lipinski definition) is 1. The second-order valence-electron chi connectivity index (χ2n) is 8.55. The summed E-state index contributed by atoms with van der Waals surface area (Å²) >= 11 is 1.49. The minimum atomic E-state index is -0.449. The Morgan fingerprint density at radius 1 is 1.03 bits per heavy atom. The number of methoxy groups -OCH3 is 1. The van der Waals surface area contributed by atoms with Gasteiger partial charge in [0.05, 0.1) is 12.8 Å². The van der Waals surface area contributed by atoms with Gasteiger partial charge in [0.2, 0.25) is 11.1 Å². The first-order chi connectivity index (χ1) is 17.1. The number of nitrogens with one attached hydrogen (secondary N) is 1. The lowest BCUT2D eigenvalue weighted by atomic mass is 9.84. The third-order valence-electron chi connectivity index (χ3n) is 6.40. The first kappa shape index (κ1) is 21.7. The average molecular weight is 487 g/mol. The molecule has 6 rings (SSSR count). The Labute approximate surface area is 206 Å². The molecule has 2 aliphatic rings. The van der Waals surface area contributed by atoms with Crippen LogP contribution in [0.4, 0.5) is 10.3 Å². The Kier molecular flexibility index (Phi) is 5.25. The lowest BCUT2D eigenvalue weighted by Crippen LogP contribution is -2.32. The molecule has 2 atom stereocenters. The summed E-state index contributed by atoms with van der Waals surface area (Å²) in [4.78, 5) is 4.73. The highest BCUT2D eigenvalue weighted by molar-refractivity contribution is 7.98. The second kappa shape index (κ2) is 8.46. The molecule has 6 nitrogen and oxygen atoms in total. The number of benzene rings is 3. The van der Waals surface area contributed by atoms with Gasteiger partial charge in [-0.3, -0.25) is 0 Å². The molecule has 2 unspecified atom stereocenters. The van der Waals surface area contributed by atoms with E-state index in [2.05, 4.69) is 18.3 Å². The lowest BCUT2D eigenvalue weighted by molar-refractivity contribution is 0.222. The normalized spacial score (nSPS) is 18.2. The van der Waals surface area contributed by atoms with Gasteiger partial charge < -0.3 is 14.8 Å². The molecule has 3 heterocycles. The van der Waals surface area contributed by atoms with Crippen molar-refractivity contribution in [2.24, 2.45) is 0 Å². The molecule has 0 amide bonds. The Balaban J connectivity index is 1.62. The maximum Gasteiger partial charge on any atom is 0.227 e. The molecule has 0 saturated heterocycles. The van der Waals surface area contributed by atoms with Crippen molar-refractivity contribution in [3.05, 3.63) is 100 Å². The minimum Gasteiger partial charge on any atom is -0.497 e. The maximum absolute atomic E-state index is 13.8. The van der Waals surface area contributed by atoms with Crippen LogP contribution >= 0.6 is 11.8 Å². The van der Waals surface area contributed by atoms with E-state index in [9.17, 15) is 4.39 Å². The molecule has 0 fully saturated rings. The third kappa shape index (κ3) is 3.65. The van der Waals surface area contributed by atoms with Gasteiger partial charge in [-0.2, -0.15) is 4.98 Å². The number of nitrogens with zero attached hydrogens (tertiary/aromatic N) is 3. The molecule has 0 aliphatic carbocycles. The number of halogens is 1. The predicted octanol–water partition coefficient (Wildman–Crippen LogP) is 6.02. The van der Waals surface area contributed by atoms with Crippen molar-refractivity contribution >= 4 is 23.4 Å². The molecule has 1 aromatic heterocycles. The quantitative estimate of drug-likeness (QED) is 0.356. The monoisotopic (exact) mass is 486 g/mol. The fourth-order valence-corrected chi connectivity index (χ4v) is 5.08. The molecule has 1 N–H and O–H groups in total. The van der Waals surface area contributed by atoms with Gasteiger partial charge in [-0.1, -0.05) is 47.7 Å². The molecule has 3 aromatic carbocycles. The van der Waals surface area contributed by atoms with E-state index in [0.717, 1.165) is 45.0 Å². The Bertz CT molecular complexity index is 1450. The summed E-state index contributed by atoms with van der Waals surface area (Å²) in [6, 6.07) is 20.3. The first-order valence-electron chi connectivity index (χ1n) is 11.2. The molecule has 176 valence electrons. The molecule has 8 heteroatoms. The van der Waals surface area contributed by atoms with E-state index in [1.54, 1.807) is 19.2 Å². The largest absolute Gasteiger partial charge is 0.497 e. The van der Waals surface area contributed by atoms with Crippen molar-refractivity contribution in [3.8, 4) is 11.5 Å². The molecule has 4 aromatic rings. The van der Waals surface area contributed by atoms with Gasteiger partial charge in [0.25, 0.3) is 0 Å². The summed E-state index contributed by atoms with van der Waals surface area (Å²) in [5.41, 5.74) is 5.91. The van der Waals surface area contributed by atoms with Crippen molar-refractivity contribution in [1.82, 2.24) is 14.8 Å². The summed E-state index contributed by atoms with van der Waals surface area (Å²) in [7, 11) is 1.65. The highest BCUT2D eigenvalue weighted by Gasteiger charge is 2.41. The Hall–Kier alpha value is -3.78. The number of hydrogen-bond acceptors (Lipinski definition) is 6. The predicted molar refractivity (Wildman–Crippen MR) is 134 cm³/mol. The van der Waals surface area contributed by atoms with Crippen molar-refractivity contribution in [1.29, 1.82) is 0 Å². The van der Waals surface area contributed by atoms with Crippen molar-refractivity contribution in [2.75, 3.05) is 18.7 Å². The van der Waals surface area contributed by atoms with E-state index >= 15 is 0 Å². The highest BCUT2D eigenvalue weighted by atomic mass is 32.2. The second-order valence-corrected chi connectivity index (χ2v) is 9.32. The summed E-state index contributed by atoms with van der Waals surface area (Å²) < 4.78 is 27.7. The third-order valence-corrected chi connectivity index (χ3v) is 6.93. The molecular formula is C27H23FN4O2S. The fourth-order valence-electron chi connectivity index (χ4n) is 4.73. The van der Waals surface area contributed by atoms with E-state index in [1.165, 1.54) is 23.9 Å². The smallest absolute Gasteiger partial charge is 0.227 e. The Morgan fingerprint density at radius 2 is 1.77 bits per heavy atom. The number of anilines is 1. The van der Waals surface area contributed by atoms with Crippen LogP contribution in [0.2, 0.25) is 0 Å². The van der Waals surface area contributed by atoms with Crippen LogP contribution in [-0.4, -0.2) is 28.1 Å². The van der Waals surface area contributed by atoms with Crippen LogP contribution in [0.25, 0.3) is 5.70 Å². The van der Waals surface area contributed by atoms with Crippen molar-refractivity contribution in [3.63, 3.8) is 0 Å². The maximum atomic E-state index is 13.8. The van der Waals surface area contributed by atoms with Crippen LogP contribution in [0, 0.1) is 12.7 Å². The van der Waals surface area contributed by atoms with Crippen LogP contribution < -0.4 is 14.8 Å². The number of aromatic nitrogens is 3. The van der Waals surface area contributed by atoms with Crippen LogP contribution in [0.15, 0.2) is 77.5 Å². The molecular weight excluding hydrogens is 463 g/mol. The molecule has 2 aliphatic heterocycles. The summed E-state index contributed by atoms with van der Waals surface area (Å²) in [5, 5.41) is 9.02. The number of rotatable bonds is 4. The van der Waals surface area contributed by atoms with Gasteiger partial charge in [0.1, 0.15) is 29.5 Å². The van der Waals surface area contributed by atoms with Gasteiger partial charge in [-0.15, -0.1) is 5.10 Å². The number of aryl methyl sites for hydroxylation is 1. The van der Waals surface area contributed by atoms with Crippen LogP contribution in [0.3, 0.4) is 0 Å². The van der Waals surface area contributed by atoms with Gasteiger partial charge in [0.15, 0.2) is 0 Å². The number of fused-ring (bicyclic) bond motifs is 3. The van der Waals surface area contributed by atoms with Crippen LogP contribution in [0.1, 0.15) is 34.4 Å². The van der Waals surface area contributed by atoms with Crippen LogP contribution in [0.5, 0.6) is 11.5 Å². The standard InChI is InChI=1S/C27H23FN4O2S/c1-15-4-13-21-20(14-15)23-22(25(34-21)17-5-9-18(28)10-6-17)24(16-7-11-19(33-2)12-8-16)32-26(29-23)30-27(31-32)35-3/h4-14,24-25H,1-3H3,(H,29,30,31). The molecule has 0 spiro atoms. The molecule has 35 heavy (non-hydrogen) atoms. The van der Waals surface area contributed by atoms with Gasteiger partial charge in [-0.25, -0.2) is 9.07 Å². The highest BCUT2D eigenvalue weighted by Crippen LogP contribution is 2.51. The van der Waals surface area contributed by atoms with E-state index in [1.807, 2.05) is 47.3 Å². The zero-order valence-corrected chi connectivity index (χ0v) is 20.3. The molecule has 0 saturated carbocycles.